The molecule has 1 aliphatic heterocycles. The Morgan fingerprint density at radius 3 is 2.77 bits per heavy atom. The molecule has 1 fully saturated rings. The molecule has 1 aliphatic rings. The Labute approximate surface area is 235 Å². The number of unbranched alkanes of at least 4 members (excludes halogenated alkanes) is 1. The van der Waals surface area contributed by atoms with Gasteiger partial charge in [-0.25, -0.2) is 0 Å². The predicted octanol–water partition coefficient (Wildman–Crippen LogP) is 4.97. The van der Waals surface area contributed by atoms with Crippen LogP contribution in [0.15, 0.2) is 60.8 Å². The van der Waals surface area contributed by atoms with Crippen LogP contribution in [0.4, 0.5) is 0 Å². The second-order valence-electron chi connectivity index (χ2n) is 9.94. The van der Waals surface area contributed by atoms with Crippen molar-refractivity contribution in [2.24, 2.45) is 5.73 Å². The maximum absolute atomic E-state index is 13.4. The number of rotatable bonds is 11. The molecular formula is C31H38ClN3O4. The second-order valence-corrected chi connectivity index (χ2v) is 10.4. The highest BCUT2D eigenvalue weighted by Gasteiger charge is 2.44. The summed E-state index contributed by atoms with van der Waals surface area (Å²) in [6, 6.07) is 17.4. The van der Waals surface area contributed by atoms with Gasteiger partial charge < -0.3 is 25.2 Å². The van der Waals surface area contributed by atoms with Crippen molar-refractivity contribution in [3.8, 4) is 11.1 Å². The third-order valence-corrected chi connectivity index (χ3v) is 7.74. The summed E-state index contributed by atoms with van der Waals surface area (Å²) in [7, 11) is 1.67. The SMILES string of the molecule is CCc1cccc(-c2c(Cl)cccc2[C@@](O)(CCCCOC)[C@H]2CN(C(=O)c3ccc(CN)nc3)CCO2)c1. The third kappa shape index (κ3) is 6.68. The summed E-state index contributed by atoms with van der Waals surface area (Å²) in [4.78, 5) is 19.4. The van der Waals surface area contributed by atoms with Crippen molar-refractivity contribution in [3.05, 3.63) is 88.2 Å². The van der Waals surface area contributed by atoms with Gasteiger partial charge in [0.1, 0.15) is 11.7 Å². The molecule has 0 unspecified atom stereocenters. The number of hydrogen-bond donors (Lipinski definition) is 2. The van der Waals surface area contributed by atoms with Gasteiger partial charge in [0.15, 0.2) is 0 Å². The number of pyridine rings is 1. The average Bonchev–Trinajstić information content (AvgIpc) is 2.98. The molecule has 8 heteroatoms. The molecule has 0 aliphatic carbocycles. The van der Waals surface area contributed by atoms with Gasteiger partial charge in [-0.05, 0) is 60.6 Å². The molecule has 4 rings (SSSR count). The van der Waals surface area contributed by atoms with Crippen LogP contribution in [0.5, 0.6) is 0 Å². The first kappa shape index (κ1) is 29.2. The van der Waals surface area contributed by atoms with Gasteiger partial charge in [-0.1, -0.05) is 54.9 Å². The molecule has 2 atom stereocenters. The van der Waals surface area contributed by atoms with Crippen molar-refractivity contribution < 1.29 is 19.4 Å². The van der Waals surface area contributed by atoms with Crippen LogP contribution in [-0.4, -0.2) is 60.4 Å². The smallest absolute Gasteiger partial charge is 0.255 e. The molecule has 3 aromatic rings. The number of aromatic nitrogens is 1. The molecule has 1 aromatic heterocycles. The van der Waals surface area contributed by atoms with E-state index in [1.807, 2.05) is 30.3 Å². The lowest BCUT2D eigenvalue weighted by Crippen LogP contribution is -2.54. The van der Waals surface area contributed by atoms with Gasteiger partial charge in [-0.3, -0.25) is 9.78 Å². The van der Waals surface area contributed by atoms with E-state index in [2.05, 4.69) is 24.0 Å². The summed E-state index contributed by atoms with van der Waals surface area (Å²) in [5.74, 6) is -0.150. The zero-order valence-corrected chi connectivity index (χ0v) is 23.5. The zero-order chi connectivity index (χ0) is 27.8. The van der Waals surface area contributed by atoms with E-state index in [1.165, 1.54) is 5.56 Å². The number of morpholine rings is 1. The lowest BCUT2D eigenvalue weighted by molar-refractivity contribution is -0.146. The minimum Gasteiger partial charge on any atom is -0.385 e. The Hall–Kier alpha value is -2.81. The third-order valence-electron chi connectivity index (χ3n) is 7.43. The second kappa shape index (κ2) is 13.5. The van der Waals surface area contributed by atoms with Gasteiger partial charge >= 0.3 is 0 Å². The molecule has 0 radical (unpaired) electrons. The fourth-order valence-electron chi connectivity index (χ4n) is 5.21. The number of aryl methyl sites for hydroxylation is 1. The number of carbonyl (C=O) groups is 1. The number of halogens is 1. The van der Waals surface area contributed by atoms with Crippen LogP contribution in [0, 0.1) is 0 Å². The Morgan fingerprint density at radius 2 is 2.05 bits per heavy atom. The molecule has 2 aromatic carbocycles. The molecule has 1 saturated heterocycles. The zero-order valence-electron chi connectivity index (χ0n) is 22.7. The number of hydrogen-bond acceptors (Lipinski definition) is 6. The Morgan fingerprint density at radius 1 is 1.23 bits per heavy atom. The number of carbonyl (C=O) groups excluding carboxylic acids is 1. The standard InChI is InChI=1S/C31H38ClN3O4/c1-3-22-8-6-9-23(18-22)29-26(10-7-11-27(29)32)31(37,14-4-5-16-38-2)28-21-35(15-17-39-28)30(36)24-12-13-25(19-33)34-20-24/h6-13,18,20,28,37H,3-5,14-17,19,21,33H2,1-2H3/t28-,31+/m1/s1. The van der Waals surface area contributed by atoms with Crippen molar-refractivity contribution in [2.75, 3.05) is 33.4 Å². The normalized spacial score (nSPS) is 17.2. The van der Waals surface area contributed by atoms with Gasteiger partial charge in [0.25, 0.3) is 5.91 Å². The maximum Gasteiger partial charge on any atom is 0.255 e. The summed E-state index contributed by atoms with van der Waals surface area (Å²) in [5, 5.41) is 13.1. The highest BCUT2D eigenvalue weighted by Crippen LogP contribution is 2.43. The first-order valence-corrected chi connectivity index (χ1v) is 13.9. The van der Waals surface area contributed by atoms with E-state index in [4.69, 9.17) is 26.8 Å². The van der Waals surface area contributed by atoms with Crippen molar-refractivity contribution >= 4 is 17.5 Å². The molecule has 7 nitrogen and oxygen atoms in total. The van der Waals surface area contributed by atoms with Gasteiger partial charge in [0, 0.05) is 43.6 Å². The van der Waals surface area contributed by atoms with Crippen LogP contribution in [0.2, 0.25) is 5.02 Å². The number of nitrogens with zero attached hydrogens (tertiary/aromatic N) is 2. The van der Waals surface area contributed by atoms with Crippen LogP contribution in [0.1, 0.15) is 53.4 Å². The summed E-state index contributed by atoms with van der Waals surface area (Å²) < 4.78 is 11.5. The number of amides is 1. The highest BCUT2D eigenvalue weighted by atomic mass is 35.5. The summed E-state index contributed by atoms with van der Waals surface area (Å²) >= 11 is 6.82. The Bertz CT molecular complexity index is 1250. The van der Waals surface area contributed by atoms with Crippen LogP contribution in [0.25, 0.3) is 11.1 Å². The van der Waals surface area contributed by atoms with Gasteiger partial charge in [-0.2, -0.15) is 0 Å². The van der Waals surface area contributed by atoms with E-state index in [0.717, 1.165) is 29.7 Å². The van der Waals surface area contributed by atoms with Crippen molar-refractivity contribution in [1.82, 2.24) is 9.88 Å². The van der Waals surface area contributed by atoms with E-state index in [-0.39, 0.29) is 12.5 Å². The first-order chi connectivity index (χ1) is 18.9. The van der Waals surface area contributed by atoms with Crippen LogP contribution >= 0.6 is 11.6 Å². The van der Waals surface area contributed by atoms with Crippen LogP contribution < -0.4 is 5.73 Å². The van der Waals surface area contributed by atoms with Gasteiger partial charge in [0.05, 0.1) is 24.4 Å². The minimum atomic E-state index is -1.39. The summed E-state index contributed by atoms with van der Waals surface area (Å²) in [6.07, 6.45) is 3.72. The highest BCUT2D eigenvalue weighted by molar-refractivity contribution is 6.33. The van der Waals surface area contributed by atoms with Crippen molar-refractivity contribution in [3.63, 3.8) is 0 Å². The largest absolute Gasteiger partial charge is 0.385 e. The number of nitrogens with two attached hydrogens (primary N) is 1. The van der Waals surface area contributed by atoms with Gasteiger partial charge in [0.2, 0.25) is 0 Å². The van der Waals surface area contributed by atoms with E-state index in [0.29, 0.717) is 55.3 Å². The minimum absolute atomic E-state index is 0.150. The molecule has 39 heavy (non-hydrogen) atoms. The Balaban J connectivity index is 1.71. The molecule has 0 spiro atoms. The molecular weight excluding hydrogens is 514 g/mol. The average molecular weight is 552 g/mol. The molecule has 2 heterocycles. The monoisotopic (exact) mass is 551 g/mol. The van der Waals surface area contributed by atoms with Crippen LogP contribution in [0.3, 0.4) is 0 Å². The topological polar surface area (TPSA) is 97.9 Å². The van der Waals surface area contributed by atoms with E-state index < -0.39 is 11.7 Å². The van der Waals surface area contributed by atoms with Gasteiger partial charge in [-0.15, -0.1) is 0 Å². The number of benzene rings is 2. The predicted molar refractivity (Wildman–Crippen MR) is 154 cm³/mol. The maximum atomic E-state index is 13.4. The molecule has 3 N–H and O–H groups in total. The molecule has 1 amide bonds. The fourth-order valence-corrected chi connectivity index (χ4v) is 5.50. The lowest BCUT2D eigenvalue weighted by atomic mass is 9.78. The first-order valence-electron chi connectivity index (χ1n) is 13.6. The van der Waals surface area contributed by atoms with E-state index >= 15 is 0 Å². The quantitative estimate of drug-likeness (QED) is 0.327. The molecule has 0 bridgehead atoms. The van der Waals surface area contributed by atoms with Crippen molar-refractivity contribution in [2.45, 2.75) is 50.9 Å². The van der Waals surface area contributed by atoms with Crippen molar-refractivity contribution in [1.29, 1.82) is 0 Å². The summed E-state index contributed by atoms with van der Waals surface area (Å²) in [6.45, 7) is 3.99. The summed E-state index contributed by atoms with van der Waals surface area (Å²) in [5.41, 5.74) is 9.09. The van der Waals surface area contributed by atoms with E-state index in [1.54, 1.807) is 30.3 Å². The molecule has 208 valence electrons. The van der Waals surface area contributed by atoms with Crippen LogP contribution in [-0.2, 0) is 28.0 Å². The lowest BCUT2D eigenvalue weighted by Gasteiger charge is -2.43. The number of aliphatic hydroxyl groups is 1. The number of ether oxygens (including phenoxy) is 2. The fraction of sp³-hybridized carbons (Fsp3) is 0.419. The van der Waals surface area contributed by atoms with E-state index in [9.17, 15) is 9.90 Å². The molecule has 0 saturated carbocycles. The number of methoxy groups -OCH3 is 1. The Kier molecular flexibility index (Phi) is 10.1.